The van der Waals surface area contributed by atoms with E-state index in [0.717, 1.165) is 19.4 Å². The lowest BCUT2D eigenvalue weighted by Crippen LogP contribution is -2.47. The van der Waals surface area contributed by atoms with Gasteiger partial charge in [0.1, 0.15) is 0 Å². The second kappa shape index (κ2) is 7.71. The number of amides is 1. The first kappa shape index (κ1) is 16.9. The van der Waals surface area contributed by atoms with E-state index in [2.05, 4.69) is 22.3 Å². The van der Waals surface area contributed by atoms with Crippen LogP contribution < -0.4 is 15.4 Å². The summed E-state index contributed by atoms with van der Waals surface area (Å²) in [6.07, 6.45) is 1.96. The van der Waals surface area contributed by atoms with Crippen LogP contribution in [-0.2, 0) is 14.8 Å². The second-order valence-electron chi connectivity index (χ2n) is 5.60. The van der Waals surface area contributed by atoms with Crippen LogP contribution in [0, 0.1) is 0 Å². The minimum absolute atomic E-state index is 0.101. The second-order valence-corrected chi connectivity index (χ2v) is 7.37. The number of carbonyl (C=O) groups is 1. The largest absolute Gasteiger partial charge is 0.353 e. The Bertz CT molecular complexity index is 589. The van der Waals surface area contributed by atoms with Crippen LogP contribution in [0.15, 0.2) is 35.2 Å². The lowest BCUT2D eigenvalue weighted by atomic mass is 10.0. The highest BCUT2D eigenvalue weighted by molar-refractivity contribution is 7.89. The third-order valence-corrected chi connectivity index (χ3v) is 5.16. The normalized spacial score (nSPS) is 22.2. The monoisotopic (exact) mass is 325 g/mol. The number of nitrogens with one attached hydrogen (secondary N) is 3. The van der Waals surface area contributed by atoms with E-state index in [4.69, 9.17) is 0 Å². The molecule has 2 rings (SSSR count). The van der Waals surface area contributed by atoms with E-state index >= 15 is 0 Å². The highest BCUT2D eigenvalue weighted by Crippen LogP contribution is 2.09. The molecule has 7 heteroatoms. The SMILES string of the molecule is CC1CC(NC(=O)CCNS(=O)(=O)c2ccccc2)CCN1. The highest BCUT2D eigenvalue weighted by Gasteiger charge is 2.20. The first-order valence-electron chi connectivity index (χ1n) is 7.55. The van der Waals surface area contributed by atoms with E-state index in [1.165, 1.54) is 12.1 Å². The van der Waals surface area contributed by atoms with Gasteiger partial charge in [-0.25, -0.2) is 13.1 Å². The summed E-state index contributed by atoms with van der Waals surface area (Å²) in [5.41, 5.74) is 0. The number of hydrogen-bond donors (Lipinski definition) is 3. The summed E-state index contributed by atoms with van der Waals surface area (Å²) in [7, 11) is -3.54. The molecule has 2 atom stereocenters. The van der Waals surface area contributed by atoms with Crippen molar-refractivity contribution in [3.8, 4) is 0 Å². The van der Waals surface area contributed by atoms with E-state index in [1.54, 1.807) is 18.2 Å². The van der Waals surface area contributed by atoms with Crippen molar-refractivity contribution in [1.29, 1.82) is 0 Å². The van der Waals surface area contributed by atoms with Crippen molar-refractivity contribution in [2.24, 2.45) is 0 Å². The summed E-state index contributed by atoms with van der Waals surface area (Å²) < 4.78 is 26.4. The van der Waals surface area contributed by atoms with Gasteiger partial charge in [0.25, 0.3) is 0 Å². The lowest BCUT2D eigenvalue weighted by Gasteiger charge is -2.28. The zero-order valence-electron chi connectivity index (χ0n) is 12.7. The van der Waals surface area contributed by atoms with Crippen LogP contribution >= 0.6 is 0 Å². The molecule has 0 aromatic heterocycles. The average Bonchev–Trinajstić information content (AvgIpc) is 2.48. The molecule has 1 aromatic rings. The highest BCUT2D eigenvalue weighted by atomic mass is 32.2. The Kier molecular flexibility index (Phi) is 5.93. The molecule has 1 saturated heterocycles. The number of piperidine rings is 1. The van der Waals surface area contributed by atoms with Crippen LogP contribution in [0.2, 0.25) is 0 Å². The molecule has 0 bridgehead atoms. The average molecular weight is 325 g/mol. The minimum Gasteiger partial charge on any atom is -0.353 e. The van der Waals surface area contributed by atoms with Crippen LogP contribution in [0.3, 0.4) is 0 Å². The number of rotatable bonds is 6. The fourth-order valence-electron chi connectivity index (χ4n) is 2.54. The summed E-state index contributed by atoms with van der Waals surface area (Å²) >= 11 is 0. The Morgan fingerprint density at radius 3 is 2.73 bits per heavy atom. The number of carbonyl (C=O) groups excluding carboxylic acids is 1. The molecule has 1 aliphatic heterocycles. The first-order valence-corrected chi connectivity index (χ1v) is 9.03. The summed E-state index contributed by atoms with van der Waals surface area (Å²) in [5, 5.41) is 6.28. The van der Waals surface area contributed by atoms with E-state index < -0.39 is 10.0 Å². The third kappa shape index (κ3) is 5.08. The smallest absolute Gasteiger partial charge is 0.240 e. The van der Waals surface area contributed by atoms with Crippen LogP contribution in [0.4, 0.5) is 0 Å². The quantitative estimate of drug-likeness (QED) is 0.715. The first-order chi connectivity index (χ1) is 10.5. The Balaban J connectivity index is 1.75. The molecule has 1 aliphatic rings. The molecule has 0 radical (unpaired) electrons. The molecule has 1 heterocycles. The fourth-order valence-corrected chi connectivity index (χ4v) is 3.60. The van der Waals surface area contributed by atoms with Crippen LogP contribution in [0.1, 0.15) is 26.2 Å². The van der Waals surface area contributed by atoms with E-state index in [0.29, 0.717) is 6.04 Å². The Labute approximate surface area is 131 Å². The molecule has 1 amide bonds. The Hall–Kier alpha value is -1.44. The lowest BCUT2D eigenvalue weighted by molar-refractivity contribution is -0.121. The van der Waals surface area contributed by atoms with E-state index in [1.807, 2.05) is 0 Å². The van der Waals surface area contributed by atoms with Crippen molar-refractivity contribution in [1.82, 2.24) is 15.4 Å². The van der Waals surface area contributed by atoms with Crippen LogP contribution in [0.25, 0.3) is 0 Å². The standard InChI is InChI=1S/C15H23N3O3S/c1-12-11-13(7-9-16-12)18-15(19)8-10-17-22(20,21)14-5-3-2-4-6-14/h2-6,12-13,16-17H,7-11H2,1H3,(H,18,19). The van der Waals surface area contributed by atoms with E-state index in [9.17, 15) is 13.2 Å². The molecule has 0 spiro atoms. The molecule has 122 valence electrons. The molecule has 0 aliphatic carbocycles. The van der Waals surface area contributed by atoms with Crippen molar-refractivity contribution in [2.75, 3.05) is 13.1 Å². The maximum absolute atomic E-state index is 12.0. The van der Waals surface area contributed by atoms with Gasteiger partial charge in [-0.15, -0.1) is 0 Å². The molecule has 3 N–H and O–H groups in total. The number of sulfonamides is 1. The van der Waals surface area contributed by atoms with Crippen LogP contribution in [0.5, 0.6) is 0 Å². The Morgan fingerprint density at radius 1 is 1.32 bits per heavy atom. The molecular formula is C15H23N3O3S. The molecule has 6 nitrogen and oxygen atoms in total. The zero-order chi connectivity index (χ0) is 16.0. The fraction of sp³-hybridized carbons (Fsp3) is 0.533. The van der Waals surface area contributed by atoms with Gasteiger partial charge in [0, 0.05) is 25.0 Å². The summed E-state index contributed by atoms with van der Waals surface area (Å²) in [5.74, 6) is -0.116. The van der Waals surface area contributed by atoms with Gasteiger partial charge in [-0.1, -0.05) is 18.2 Å². The van der Waals surface area contributed by atoms with Gasteiger partial charge >= 0.3 is 0 Å². The van der Waals surface area contributed by atoms with Gasteiger partial charge in [-0.05, 0) is 38.4 Å². The van der Waals surface area contributed by atoms with Crippen molar-refractivity contribution in [3.05, 3.63) is 30.3 Å². The zero-order valence-corrected chi connectivity index (χ0v) is 13.5. The predicted octanol–water partition coefficient (Wildman–Crippen LogP) is 0.612. The third-order valence-electron chi connectivity index (χ3n) is 3.69. The molecule has 2 unspecified atom stereocenters. The topological polar surface area (TPSA) is 87.3 Å². The molecule has 22 heavy (non-hydrogen) atoms. The van der Waals surface area contributed by atoms with Gasteiger partial charge in [0.15, 0.2) is 0 Å². The predicted molar refractivity (Wildman–Crippen MR) is 84.9 cm³/mol. The summed E-state index contributed by atoms with van der Waals surface area (Å²) in [4.78, 5) is 12.1. The minimum atomic E-state index is -3.54. The molecular weight excluding hydrogens is 302 g/mol. The molecule has 1 fully saturated rings. The summed E-state index contributed by atoms with van der Waals surface area (Å²) in [6.45, 7) is 3.09. The van der Waals surface area contributed by atoms with Crippen molar-refractivity contribution < 1.29 is 13.2 Å². The van der Waals surface area contributed by atoms with Crippen molar-refractivity contribution in [2.45, 2.75) is 43.2 Å². The van der Waals surface area contributed by atoms with Gasteiger partial charge in [-0.3, -0.25) is 4.79 Å². The Morgan fingerprint density at radius 2 is 2.05 bits per heavy atom. The van der Waals surface area contributed by atoms with E-state index in [-0.39, 0.29) is 29.8 Å². The molecule has 0 saturated carbocycles. The summed E-state index contributed by atoms with van der Waals surface area (Å²) in [6, 6.07) is 8.72. The maximum Gasteiger partial charge on any atom is 0.240 e. The van der Waals surface area contributed by atoms with Crippen LogP contribution in [-0.4, -0.2) is 39.5 Å². The van der Waals surface area contributed by atoms with Crippen molar-refractivity contribution >= 4 is 15.9 Å². The maximum atomic E-state index is 12.0. The number of hydrogen-bond acceptors (Lipinski definition) is 4. The van der Waals surface area contributed by atoms with Crippen molar-refractivity contribution in [3.63, 3.8) is 0 Å². The van der Waals surface area contributed by atoms with Gasteiger partial charge in [-0.2, -0.15) is 0 Å². The molecule has 1 aromatic carbocycles. The van der Waals surface area contributed by atoms with Gasteiger partial charge < -0.3 is 10.6 Å². The van der Waals surface area contributed by atoms with Gasteiger partial charge in [0.2, 0.25) is 15.9 Å². The number of benzene rings is 1. The van der Waals surface area contributed by atoms with Gasteiger partial charge in [0.05, 0.1) is 4.90 Å².